The fourth-order valence-electron chi connectivity index (χ4n) is 2.78. The lowest BCUT2D eigenvalue weighted by Crippen LogP contribution is -2.21. The van der Waals surface area contributed by atoms with Crippen LogP contribution in [0.3, 0.4) is 0 Å². The van der Waals surface area contributed by atoms with E-state index in [4.69, 9.17) is 11.6 Å². The van der Waals surface area contributed by atoms with Gasteiger partial charge in [-0.25, -0.2) is 9.67 Å². The second-order valence-corrected chi connectivity index (χ2v) is 6.58. The third-order valence-corrected chi connectivity index (χ3v) is 4.61. The fraction of sp³-hybridized carbons (Fsp3) is 0.158. The first-order valence-corrected chi connectivity index (χ1v) is 8.57. The van der Waals surface area contributed by atoms with Crippen molar-refractivity contribution in [3.8, 4) is 0 Å². The van der Waals surface area contributed by atoms with Gasteiger partial charge in [0, 0.05) is 5.02 Å². The summed E-state index contributed by atoms with van der Waals surface area (Å²) in [5.41, 5.74) is 3.61. The van der Waals surface area contributed by atoms with Gasteiger partial charge in [-0.15, -0.1) is 5.10 Å². The highest BCUT2D eigenvalue weighted by atomic mass is 35.5. The van der Waals surface area contributed by atoms with E-state index in [0.29, 0.717) is 23.8 Å². The quantitative estimate of drug-likeness (QED) is 0.557. The van der Waals surface area contributed by atoms with E-state index in [-0.39, 0.29) is 11.1 Å². The monoisotopic (exact) mass is 365 g/mol. The molecule has 0 amide bonds. The van der Waals surface area contributed by atoms with Crippen LogP contribution in [0.25, 0.3) is 11.2 Å². The third kappa shape index (κ3) is 3.11. The second kappa shape index (κ2) is 6.72. The standard InChI is InChI=1S/C19H16ClN5O/c1-13-6-8-14(9-7-13)10-24-12-21-18-17(19(24)26)22-23-25(18)11-15-4-2-3-5-16(15)20/h2-9,12H,10-11H2,1H3. The lowest BCUT2D eigenvalue weighted by atomic mass is 10.1. The summed E-state index contributed by atoms with van der Waals surface area (Å²) in [6.45, 7) is 2.88. The molecule has 0 bridgehead atoms. The molecule has 2 aromatic heterocycles. The van der Waals surface area contributed by atoms with Gasteiger partial charge in [-0.05, 0) is 24.1 Å². The van der Waals surface area contributed by atoms with Gasteiger partial charge < -0.3 is 0 Å². The van der Waals surface area contributed by atoms with Crippen LogP contribution in [0, 0.1) is 6.92 Å². The Bertz CT molecular complexity index is 1130. The van der Waals surface area contributed by atoms with Gasteiger partial charge >= 0.3 is 0 Å². The summed E-state index contributed by atoms with van der Waals surface area (Å²) in [7, 11) is 0. The van der Waals surface area contributed by atoms with E-state index in [1.165, 1.54) is 11.9 Å². The SMILES string of the molecule is Cc1ccc(Cn2cnc3c(nnn3Cc3ccccc3Cl)c2=O)cc1. The third-order valence-electron chi connectivity index (χ3n) is 4.24. The molecule has 0 radical (unpaired) electrons. The predicted molar refractivity (Wildman–Crippen MR) is 100 cm³/mol. The van der Waals surface area contributed by atoms with E-state index < -0.39 is 0 Å². The van der Waals surface area contributed by atoms with E-state index in [1.54, 1.807) is 9.25 Å². The predicted octanol–water partition coefficient (Wildman–Crippen LogP) is 3.05. The maximum Gasteiger partial charge on any atom is 0.283 e. The molecule has 6 nitrogen and oxygen atoms in total. The minimum absolute atomic E-state index is 0.207. The van der Waals surface area contributed by atoms with Gasteiger partial charge in [0.15, 0.2) is 11.2 Å². The molecule has 0 unspecified atom stereocenters. The van der Waals surface area contributed by atoms with Gasteiger partial charge in [0.1, 0.15) is 6.33 Å². The Morgan fingerprint density at radius 1 is 1.04 bits per heavy atom. The summed E-state index contributed by atoms with van der Waals surface area (Å²) in [6.07, 6.45) is 1.54. The molecule has 0 saturated heterocycles. The van der Waals surface area contributed by atoms with Crippen molar-refractivity contribution in [1.82, 2.24) is 24.5 Å². The molecule has 0 fully saturated rings. The minimum atomic E-state index is -0.207. The molecule has 2 aromatic carbocycles. The van der Waals surface area contributed by atoms with E-state index in [1.807, 2.05) is 55.5 Å². The average Bonchev–Trinajstić information content (AvgIpc) is 3.05. The topological polar surface area (TPSA) is 65.6 Å². The van der Waals surface area contributed by atoms with Gasteiger partial charge in [0.2, 0.25) is 0 Å². The van der Waals surface area contributed by atoms with Gasteiger partial charge in [-0.3, -0.25) is 9.36 Å². The number of aryl methyl sites for hydroxylation is 1. The average molecular weight is 366 g/mol. The Morgan fingerprint density at radius 2 is 1.81 bits per heavy atom. The Morgan fingerprint density at radius 3 is 2.58 bits per heavy atom. The van der Waals surface area contributed by atoms with Crippen molar-refractivity contribution in [2.24, 2.45) is 0 Å². The van der Waals surface area contributed by atoms with E-state index in [0.717, 1.165) is 11.1 Å². The zero-order valence-corrected chi connectivity index (χ0v) is 14.9. The molecule has 130 valence electrons. The molecular formula is C19H16ClN5O. The molecule has 0 aliphatic heterocycles. The summed E-state index contributed by atoms with van der Waals surface area (Å²) in [5.74, 6) is 0. The fourth-order valence-corrected chi connectivity index (χ4v) is 2.98. The van der Waals surface area contributed by atoms with Crippen molar-refractivity contribution in [2.75, 3.05) is 0 Å². The van der Waals surface area contributed by atoms with Crippen molar-refractivity contribution in [3.63, 3.8) is 0 Å². The zero-order chi connectivity index (χ0) is 18.1. The number of hydrogen-bond donors (Lipinski definition) is 0. The van der Waals surface area contributed by atoms with Crippen LogP contribution in [-0.4, -0.2) is 24.5 Å². The Balaban J connectivity index is 1.68. The molecule has 0 atom stereocenters. The highest BCUT2D eigenvalue weighted by Crippen LogP contribution is 2.17. The largest absolute Gasteiger partial charge is 0.293 e. The van der Waals surface area contributed by atoms with Gasteiger partial charge in [0.25, 0.3) is 5.56 Å². The van der Waals surface area contributed by atoms with Crippen molar-refractivity contribution < 1.29 is 0 Å². The van der Waals surface area contributed by atoms with Crippen molar-refractivity contribution in [2.45, 2.75) is 20.0 Å². The normalized spacial score (nSPS) is 11.2. The number of aromatic nitrogens is 5. The summed E-state index contributed by atoms with van der Waals surface area (Å²) in [4.78, 5) is 17.1. The van der Waals surface area contributed by atoms with E-state index in [2.05, 4.69) is 15.3 Å². The first-order valence-electron chi connectivity index (χ1n) is 8.19. The van der Waals surface area contributed by atoms with Crippen LogP contribution < -0.4 is 5.56 Å². The number of rotatable bonds is 4. The van der Waals surface area contributed by atoms with Crippen molar-refractivity contribution in [3.05, 3.63) is 86.9 Å². The van der Waals surface area contributed by atoms with Crippen LogP contribution in [-0.2, 0) is 13.1 Å². The highest BCUT2D eigenvalue weighted by Gasteiger charge is 2.13. The second-order valence-electron chi connectivity index (χ2n) is 6.17. The Labute approximate surface area is 154 Å². The number of benzene rings is 2. The highest BCUT2D eigenvalue weighted by molar-refractivity contribution is 6.31. The molecule has 4 aromatic rings. The number of hydrogen-bond acceptors (Lipinski definition) is 4. The van der Waals surface area contributed by atoms with Crippen LogP contribution in [0.4, 0.5) is 0 Å². The maximum absolute atomic E-state index is 12.7. The first kappa shape index (κ1) is 16.5. The Hall–Kier alpha value is -2.99. The van der Waals surface area contributed by atoms with Crippen LogP contribution >= 0.6 is 11.6 Å². The number of fused-ring (bicyclic) bond motifs is 1. The van der Waals surface area contributed by atoms with E-state index >= 15 is 0 Å². The molecule has 0 aliphatic carbocycles. The van der Waals surface area contributed by atoms with Crippen LogP contribution in [0.5, 0.6) is 0 Å². The van der Waals surface area contributed by atoms with Crippen LogP contribution in [0.1, 0.15) is 16.7 Å². The molecule has 4 rings (SSSR count). The lowest BCUT2D eigenvalue weighted by Gasteiger charge is -2.07. The van der Waals surface area contributed by atoms with Crippen molar-refractivity contribution in [1.29, 1.82) is 0 Å². The summed E-state index contributed by atoms with van der Waals surface area (Å²) in [5, 5.41) is 8.76. The minimum Gasteiger partial charge on any atom is -0.293 e. The lowest BCUT2D eigenvalue weighted by molar-refractivity contribution is 0.663. The number of nitrogens with zero attached hydrogens (tertiary/aromatic N) is 5. The first-order chi connectivity index (χ1) is 12.6. The summed E-state index contributed by atoms with van der Waals surface area (Å²) >= 11 is 6.20. The molecular weight excluding hydrogens is 350 g/mol. The number of halogens is 1. The molecule has 0 saturated carbocycles. The molecule has 26 heavy (non-hydrogen) atoms. The van der Waals surface area contributed by atoms with Crippen molar-refractivity contribution >= 4 is 22.8 Å². The van der Waals surface area contributed by atoms with E-state index in [9.17, 15) is 4.79 Å². The van der Waals surface area contributed by atoms with Gasteiger partial charge in [-0.1, -0.05) is 64.8 Å². The summed E-state index contributed by atoms with van der Waals surface area (Å²) < 4.78 is 3.13. The molecule has 0 spiro atoms. The van der Waals surface area contributed by atoms with Crippen LogP contribution in [0.15, 0.2) is 59.7 Å². The molecule has 7 heteroatoms. The van der Waals surface area contributed by atoms with Gasteiger partial charge in [0.05, 0.1) is 13.1 Å². The zero-order valence-electron chi connectivity index (χ0n) is 14.1. The molecule has 2 heterocycles. The Kier molecular flexibility index (Phi) is 4.26. The molecule has 0 N–H and O–H groups in total. The van der Waals surface area contributed by atoms with Gasteiger partial charge in [-0.2, -0.15) is 0 Å². The van der Waals surface area contributed by atoms with Crippen LogP contribution in [0.2, 0.25) is 5.02 Å². The smallest absolute Gasteiger partial charge is 0.283 e. The maximum atomic E-state index is 12.7. The summed E-state index contributed by atoms with van der Waals surface area (Å²) in [6, 6.07) is 15.5. The molecule has 0 aliphatic rings.